The molecule has 1 atom stereocenters. The topological polar surface area (TPSA) is 80.9 Å². The normalized spacial score (nSPS) is 12.4. The zero-order chi connectivity index (χ0) is 16.3. The van der Waals surface area contributed by atoms with Gasteiger partial charge < -0.3 is 11.1 Å². The van der Waals surface area contributed by atoms with E-state index >= 15 is 0 Å². The monoisotopic (exact) mass is 336 g/mol. The largest absolute Gasteiger partial charge is 0.369 e. The molecule has 0 radical (unpaired) electrons. The van der Waals surface area contributed by atoms with Crippen LogP contribution in [0.4, 0.5) is 10.8 Å². The average Bonchev–Trinajstić information content (AvgIpc) is 2.87. The van der Waals surface area contributed by atoms with Crippen LogP contribution >= 0.6 is 23.1 Å². The van der Waals surface area contributed by atoms with Gasteiger partial charge in [0.2, 0.25) is 11.0 Å². The van der Waals surface area contributed by atoms with Gasteiger partial charge in [-0.15, -0.1) is 10.2 Å². The van der Waals surface area contributed by atoms with Crippen LogP contribution in [-0.4, -0.2) is 21.4 Å². The van der Waals surface area contributed by atoms with Crippen molar-refractivity contribution < 1.29 is 4.79 Å². The van der Waals surface area contributed by atoms with E-state index in [-0.39, 0.29) is 17.1 Å². The van der Waals surface area contributed by atoms with Gasteiger partial charge in [0.25, 0.3) is 0 Å². The number of nitrogens with zero attached hydrogens (tertiary/aromatic N) is 2. The number of carbonyl (C=O) groups is 1. The summed E-state index contributed by atoms with van der Waals surface area (Å²) in [5, 5.41) is 11.9. The molecule has 118 valence electrons. The minimum absolute atomic E-state index is 0.155. The molecule has 0 saturated heterocycles. The maximum atomic E-state index is 11.5. The number of amides is 1. The number of thioether (sulfide) groups is 1. The lowest BCUT2D eigenvalue weighted by Gasteiger charge is -2.14. The number of benzene rings is 1. The van der Waals surface area contributed by atoms with Crippen LogP contribution in [0.2, 0.25) is 0 Å². The Hall–Kier alpha value is -1.60. The first kappa shape index (κ1) is 16.8. The minimum Gasteiger partial charge on any atom is -0.369 e. The van der Waals surface area contributed by atoms with E-state index in [0.29, 0.717) is 5.13 Å². The van der Waals surface area contributed by atoms with Gasteiger partial charge in [-0.25, -0.2) is 0 Å². The molecule has 3 N–H and O–H groups in total. The Labute approximate surface area is 138 Å². The third kappa shape index (κ3) is 4.20. The highest BCUT2D eigenvalue weighted by Crippen LogP contribution is 2.33. The number of hydrogen-bond acceptors (Lipinski definition) is 6. The second-order valence-corrected chi connectivity index (χ2v) is 7.85. The Morgan fingerprint density at radius 1 is 1.27 bits per heavy atom. The van der Waals surface area contributed by atoms with E-state index in [1.165, 1.54) is 34.2 Å². The Kier molecular flexibility index (Phi) is 5.42. The SMILES string of the molecule is Cc1ccc(Nc2nnc(SC(C(N)=O)C(C)C)s2)cc1C. The highest BCUT2D eigenvalue weighted by atomic mass is 32.2. The van der Waals surface area contributed by atoms with Crippen LogP contribution in [-0.2, 0) is 4.79 Å². The van der Waals surface area contributed by atoms with Gasteiger partial charge in [0.05, 0.1) is 5.25 Å². The lowest BCUT2D eigenvalue weighted by molar-refractivity contribution is -0.118. The summed E-state index contributed by atoms with van der Waals surface area (Å²) in [5.41, 5.74) is 8.88. The van der Waals surface area contributed by atoms with Gasteiger partial charge in [0.1, 0.15) is 0 Å². The van der Waals surface area contributed by atoms with Gasteiger partial charge >= 0.3 is 0 Å². The number of rotatable bonds is 6. The van der Waals surface area contributed by atoms with E-state index in [2.05, 4.69) is 41.5 Å². The predicted molar refractivity (Wildman–Crippen MR) is 92.8 cm³/mol. The number of anilines is 2. The van der Waals surface area contributed by atoms with Crippen LogP contribution in [0, 0.1) is 19.8 Å². The van der Waals surface area contributed by atoms with Crippen LogP contribution in [0.3, 0.4) is 0 Å². The molecule has 0 saturated carbocycles. The van der Waals surface area contributed by atoms with Gasteiger partial charge in [-0.3, -0.25) is 4.79 Å². The summed E-state index contributed by atoms with van der Waals surface area (Å²) in [6.07, 6.45) is 0. The smallest absolute Gasteiger partial charge is 0.231 e. The molecule has 0 bridgehead atoms. The summed E-state index contributed by atoms with van der Waals surface area (Å²) >= 11 is 2.80. The number of nitrogens with two attached hydrogens (primary N) is 1. The summed E-state index contributed by atoms with van der Waals surface area (Å²) in [5.74, 6) is -0.165. The number of primary amides is 1. The van der Waals surface area contributed by atoms with Crippen LogP contribution in [0.1, 0.15) is 25.0 Å². The first-order valence-electron chi connectivity index (χ1n) is 7.00. The maximum Gasteiger partial charge on any atom is 0.231 e. The Balaban J connectivity index is 2.07. The average molecular weight is 336 g/mol. The predicted octanol–water partition coefficient (Wildman–Crippen LogP) is 3.50. The highest BCUT2D eigenvalue weighted by molar-refractivity contribution is 8.02. The van der Waals surface area contributed by atoms with Crippen molar-refractivity contribution >= 4 is 39.8 Å². The molecule has 0 aliphatic heterocycles. The Morgan fingerprint density at radius 2 is 2.00 bits per heavy atom. The molecule has 5 nitrogen and oxygen atoms in total. The summed E-state index contributed by atoms with van der Waals surface area (Å²) in [7, 11) is 0. The summed E-state index contributed by atoms with van der Waals surface area (Å²) < 4.78 is 0.740. The molecule has 22 heavy (non-hydrogen) atoms. The van der Waals surface area contributed by atoms with Gasteiger partial charge in [-0.2, -0.15) is 0 Å². The molecule has 1 aromatic carbocycles. The Morgan fingerprint density at radius 3 is 2.59 bits per heavy atom. The molecule has 1 unspecified atom stereocenters. The van der Waals surface area contributed by atoms with Crippen molar-refractivity contribution in [3.05, 3.63) is 29.3 Å². The fourth-order valence-electron chi connectivity index (χ4n) is 1.88. The number of carbonyl (C=O) groups excluding carboxylic acids is 1. The third-order valence-electron chi connectivity index (χ3n) is 3.28. The first-order chi connectivity index (χ1) is 10.4. The van der Waals surface area contributed by atoms with E-state index in [4.69, 9.17) is 5.73 Å². The van der Waals surface area contributed by atoms with Crippen molar-refractivity contribution in [1.29, 1.82) is 0 Å². The molecular formula is C15H20N4OS2. The molecule has 7 heteroatoms. The van der Waals surface area contributed by atoms with E-state index in [0.717, 1.165) is 10.0 Å². The van der Waals surface area contributed by atoms with Crippen LogP contribution in [0.15, 0.2) is 22.5 Å². The molecule has 2 aromatic rings. The van der Waals surface area contributed by atoms with Gasteiger partial charge in [0, 0.05) is 5.69 Å². The van der Waals surface area contributed by atoms with E-state index in [9.17, 15) is 4.79 Å². The van der Waals surface area contributed by atoms with Crippen LogP contribution in [0.5, 0.6) is 0 Å². The Bertz CT molecular complexity index is 669. The fraction of sp³-hybridized carbons (Fsp3) is 0.400. The summed E-state index contributed by atoms with van der Waals surface area (Å²) in [6.45, 7) is 8.09. The van der Waals surface area contributed by atoms with Crippen molar-refractivity contribution in [3.63, 3.8) is 0 Å². The fourth-order valence-corrected chi connectivity index (χ4v) is 3.81. The van der Waals surface area contributed by atoms with E-state index in [1.807, 2.05) is 19.9 Å². The second-order valence-electron chi connectivity index (χ2n) is 5.48. The maximum absolute atomic E-state index is 11.5. The van der Waals surface area contributed by atoms with Crippen molar-refractivity contribution in [1.82, 2.24) is 10.2 Å². The lowest BCUT2D eigenvalue weighted by atomic mass is 10.1. The lowest BCUT2D eigenvalue weighted by Crippen LogP contribution is -2.30. The zero-order valence-corrected chi connectivity index (χ0v) is 14.7. The number of aryl methyl sites for hydroxylation is 2. The molecule has 0 fully saturated rings. The third-order valence-corrected chi connectivity index (χ3v) is 5.76. The van der Waals surface area contributed by atoms with Crippen molar-refractivity contribution in [2.45, 2.75) is 37.3 Å². The molecule has 1 heterocycles. The van der Waals surface area contributed by atoms with Crippen molar-refractivity contribution in [2.75, 3.05) is 5.32 Å². The van der Waals surface area contributed by atoms with Gasteiger partial charge in [-0.1, -0.05) is 43.0 Å². The minimum atomic E-state index is -0.320. The van der Waals surface area contributed by atoms with Crippen LogP contribution < -0.4 is 11.1 Å². The number of aromatic nitrogens is 2. The molecule has 1 amide bonds. The summed E-state index contributed by atoms with van der Waals surface area (Å²) in [6, 6.07) is 6.15. The number of hydrogen-bond donors (Lipinski definition) is 2. The van der Waals surface area contributed by atoms with E-state index in [1.54, 1.807) is 0 Å². The summed E-state index contributed by atoms with van der Waals surface area (Å²) in [4.78, 5) is 11.5. The standard InChI is InChI=1S/C15H20N4OS2/c1-8(2)12(13(16)20)21-15-19-18-14(22-15)17-11-6-5-9(3)10(4)7-11/h5-8,12H,1-4H3,(H2,16,20)(H,17,18). The molecular weight excluding hydrogens is 316 g/mol. The molecule has 0 spiro atoms. The highest BCUT2D eigenvalue weighted by Gasteiger charge is 2.22. The number of nitrogens with one attached hydrogen (secondary N) is 1. The van der Waals surface area contributed by atoms with Gasteiger partial charge in [-0.05, 0) is 43.0 Å². The molecule has 0 aliphatic carbocycles. The van der Waals surface area contributed by atoms with Crippen molar-refractivity contribution in [3.8, 4) is 0 Å². The van der Waals surface area contributed by atoms with Crippen molar-refractivity contribution in [2.24, 2.45) is 11.7 Å². The van der Waals surface area contributed by atoms with Gasteiger partial charge in [0.15, 0.2) is 4.34 Å². The van der Waals surface area contributed by atoms with E-state index < -0.39 is 0 Å². The zero-order valence-electron chi connectivity index (χ0n) is 13.1. The van der Waals surface area contributed by atoms with Crippen LogP contribution in [0.25, 0.3) is 0 Å². The molecule has 2 rings (SSSR count). The molecule has 1 aromatic heterocycles. The quantitative estimate of drug-likeness (QED) is 0.789. The first-order valence-corrected chi connectivity index (χ1v) is 8.70. The second kappa shape index (κ2) is 7.11. The molecule has 0 aliphatic rings.